The van der Waals surface area contributed by atoms with Crippen molar-refractivity contribution < 1.29 is 17.9 Å². The number of rotatable bonds is 3. The summed E-state index contributed by atoms with van der Waals surface area (Å²) in [7, 11) is -2.29. The van der Waals surface area contributed by atoms with Crippen LogP contribution < -0.4 is 0 Å². The standard InChI is InChI=1S/C16H13NO4S/c1-21-16(18)15-10-11-9-13(7-8-14(11)17-15)22(19,20)12-5-3-2-4-6-12/h2-10,17H,1H3. The van der Waals surface area contributed by atoms with Crippen LogP contribution in [0.25, 0.3) is 10.9 Å². The number of ether oxygens (including phenoxy) is 1. The number of fused-ring (bicyclic) bond motifs is 1. The Balaban J connectivity index is 2.11. The minimum absolute atomic E-state index is 0.182. The number of carbonyl (C=O) groups excluding carboxylic acids is 1. The van der Waals surface area contributed by atoms with Crippen LogP contribution >= 0.6 is 0 Å². The summed E-state index contributed by atoms with van der Waals surface area (Å²) < 4.78 is 29.8. The SMILES string of the molecule is COC(=O)c1cc2cc(S(=O)(=O)c3ccccc3)ccc2[nH]1. The fourth-order valence-electron chi connectivity index (χ4n) is 2.23. The average Bonchev–Trinajstić information content (AvgIpc) is 2.98. The Labute approximate surface area is 127 Å². The van der Waals surface area contributed by atoms with E-state index in [1.165, 1.54) is 13.2 Å². The van der Waals surface area contributed by atoms with Crippen molar-refractivity contribution in [1.29, 1.82) is 0 Å². The second-order valence-corrected chi connectivity index (χ2v) is 6.69. The lowest BCUT2D eigenvalue weighted by Gasteiger charge is -2.04. The number of nitrogens with one attached hydrogen (secondary N) is 1. The second-order valence-electron chi connectivity index (χ2n) is 4.74. The minimum Gasteiger partial charge on any atom is -0.464 e. The minimum atomic E-state index is -3.58. The number of aromatic amines is 1. The van der Waals surface area contributed by atoms with E-state index < -0.39 is 15.8 Å². The van der Waals surface area contributed by atoms with Crippen molar-refractivity contribution in [2.75, 3.05) is 7.11 Å². The van der Waals surface area contributed by atoms with Gasteiger partial charge in [0.25, 0.3) is 0 Å². The van der Waals surface area contributed by atoms with Crippen molar-refractivity contribution in [1.82, 2.24) is 4.98 Å². The lowest BCUT2D eigenvalue weighted by molar-refractivity contribution is 0.0595. The van der Waals surface area contributed by atoms with Gasteiger partial charge in [-0.1, -0.05) is 18.2 Å². The van der Waals surface area contributed by atoms with Crippen molar-refractivity contribution in [3.05, 3.63) is 60.3 Å². The highest BCUT2D eigenvalue weighted by Crippen LogP contribution is 2.25. The molecule has 0 aliphatic heterocycles. The molecule has 1 N–H and O–H groups in total. The number of methoxy groups -OCH3 is 1. The molecule has 1 aromatic heterocycles. The summed E-state index contributed by atoms with van der Waals surface area (Å²) in [6.45, 7) is 0. The first kappa shape index (κ1) is 14.3. The smallest absolute Gasteiger partial charge is 0.354 e. The molecule has 0 radical (unpaired) electrons. The third-order valence-corrected chi connectivity index (χ3v) is 5.13. The van der Waals surface area contributed by atoms with Crippen molar-refractivity contribution in [2.24, 2.45) is 0 Å². The van der Waals surface area contributed by atoms with Gasteiger partial charge in [-0.15, -0.1) is 0 Å². The van der Waals surface area contributed by atoms with Gasteiger partial charge in [-0.3, -0.25) is 0 Å². The molecular formula is C16H13NO4S. The molecular weight excluding hydrogens is 302 g/mol. The maximum atomic E-state index is 12.6. The number of benzene rings is 2. The molecule has 0 fully saturated rings. The molecule has 2 aromatic carbocycles. The van der Waals surface area contributed by atoms with Crippen molar-refractivity contribution in [3.63, 3.8) is 0 Å². The Morgan fingerprint density at radius 2 is 1.73 bits per heavy atom. The van der Waals surface area contributed by atoms with Crippen LogP contribution in [0.3, 0.4) is 0 Å². The topological polar surface area (TPSA) is 76.2 Å². The molecule has 22 heavy (non-hydrogen) atoms. The van der Waals surface area contributed by atoms with Gasteiger partial charge < -0.3 is 9.72 Å². The van der Waals surface area contributed by atoms with Crippen LogP contribution in [-0.2, 0) is 14.6 Å². The third kappa shape index (κ3) is 2.37. The number of hydrogen-bond donors (Lipinski definition) is 1. The zero-order valence-electron chi connectivity index (χ0n) is 11.7. The maximum absolute atomic E-state index is 12.6. The summed E-state index contributed by atoms with van der Waals surface area (Å²) in [5, 5.41) is 0.636. The molecule has 0 aliphatic carbocycles. The predicted octanol–water partition coefficient (Wildman–Crippen LogP) is 2.79. The largest absolute Gasteiger partial charge is 0.464 e. The van der Waals surface area contributed by atoms with Crippen LogP contribution in [0.1, 0.15) is 10.5 Å². The van der Waals surface area contributed by atoms with Gasteiger partial charge in [0, 0.05) is 10.9 Å². The number of esters is 1. The van der Waals surface area contributed by atoms with Crippen LogP contribution in [-0.4, -0.2) is 26.5 Å². The van der Waals surface area contributed by atoms with Gasteiger partial charge in [-0.2, -0.15) is 0 Å². The first-order valence-corrected chi connectivity index (χ1v) is 8.02. The Bertz CT molecular complexity index is 943. The molecule has 1 heterocycles. The van der Waals surface area contributed by atoms with E-state index in [4.69, 9.17) is 0 Å². The van der Waals surface area contributed by atoms with Crippen LogP contribution in [0.5, 0.6) is 0 Å². The quantitative estimate of drug-likeness (QED) is 0.754. The van der Waals surface area contributed by atoms with Gasteiger partial charge in [0.05, 0.1) is 16.9 Å². The Morgan fingerprint density at radius 1 is 1.00 bits per heavy atom. The summed E-state index contributed by atoms with van der Waals surface area (Å²) in [6, 6.07) is 14.5. The van der Waals surface area contributed by atoms with Crippen molar-refractivity contribution >= 4 is 26.7 Å². The highest BCUT2D eigenvalue weighted by Gasteiger charge is 2.18. The van der Waals surface area contributed by atoms with Crippen molar-refractivity contribution in [3.8, 4) is 0 Å². The average molecular weight is 315 g/mol. The molecule has 3 rings (SSSR count). The van der Waals surface area contributed by atoms with Gasteiger partial charge >= 0.3 is 5.97 Å². The van der Waals surface area contributed by atoms with Crippen LogP contribution in [0.15, 0.2) is 64.4 Å². The van der Waals surface area contributed by atoms with Gasteiger partial charge in [0.2, 0.25) is 9.84 Å². The molecule has 0 bridgehead atoms. The molecule has 0 saturated carbocycles. The third-order valence-electron chi connectivity index (χ3n) is 3.36. The van der Waals surface area contributed by atoms with E-state index in [1.54, 1.807) is 48.5 Å². The second kappa shape index (κ2) is 5.31. The molecule has 0 spiro atoms. The normalized spacial score (nSPS) is 11.5. The monoisotopic (exact) mass is 315 g/mol. The van der Waals surface area contributed by atoms with Crippen LogP contribution in [0, 0.1) is 0 Å². The van der Waals surface area contributed by atoms with Crippen LogP contribution in [0.2, 0.25) is 0 Å². The number of H-pyrrole nitrogens is 1. The van der Waals surface area contributed by atoms with E-state index in [0.29, 0.717) is 10.9 Å². The summed E-state index contributed by atoms with van der Waals surface area (Å²) in [4.78, 5) is 14.8. The molecule has 5 nitrogen and oxygen atoms in total. The summed E-state index contributed by atoms with van der Waals surface area (Å²) in [5.74, 6) is -0.497. The fraction of sp³-hybridized carbons (Fsp3) is 0.0625. The summed E-state index contributed by atoms with van der Waals surface area (Å²) >= 11 is 0. The zero-order valence-corrected chi connectivity index (χ0v) is 12.6. The van der Waals surface area contributed by atoms with Gasteiger partial charge in [-0.05, 0) is 36.4 Å². The molecule has 0 aliphatic rings. The summed E-state index contributed by atoms with van der Waals surface area (Å²) in [5.41, 5.74) is 0.958. The zero-order chi connectivity index (χ0) is 15.7. The lowest BCUT2D eigenvalue weighted by Crippen LogP contribution is -2.01. The molecule has 0 unspecified atom stereocenters. The van der Waals surface area contributed by atoms with E-state index >= 15 is 0 Å². The molecule has 3 aromatic rings. The number of carbonyl (C=O) groups is 1. The lowest BCUT2D eigenvalue weighted by atomic mass is 10.2. The predicted molar refractivity (Wildman–Crippen MR) is 81.5 cm³/mol. The van der Waals surface area contributed by atoms with E-state index in [9.17, 15) is 13.2 Å². The molecule has 0 saturated heterocycles. The van der Waals surface area contributed by atoms with Gasteiger partial charge in [-0.25, -0.2) is 13.2 Å². The maximum Gasteiger partial charge on any atom is 0.354 e. The van der Waals surface area contributed by atoms with E-state index in [2.05, 4.69) is 9.72 Å². The molecule has 6 heteroatoms. The molecule has 112 valence electrons. The first-order valence-electron chi connectivity index (χ1n) is 6.53. The van der Waals surface area contributed by atoms with Crippen molar-refractivity contribution in [2.45, 2.75) is 9.79 Å². The summed E-state index contributed by atoms with van der Waals surface area (Å²) in [6.07, 6.45) is 0. The van der Waals surface area contributed by atoms with Gasteiger partial charge in [0.15, 0.2) is 0 Å². The number of sulfone groups is 1. The van der Waals surface area contributed by atoms with E-state index in [-0.39, 0.29) is 15.5 Å². The fourth-order valence-corrected chi connectivity index (χ4v) is 3.55. The number of aromatic nitrogens is 1. The Morgan fingerprint density at radius 3 is 2.41 bits per heavy atom. The highest BCUT2D eigenvalue weighted by molar-refractivity contribution is 7.91. The van der Waals surface area contributed by atoms with E-state index in [1.807, 2.05) is 0 Å². The first-order chi connectivity index (χ1) is 10.5. The number of hydrogen-bond acceptors (Lipinski definition) is 4. The Kier molecular flexibility index (Phi) is 3.46. The molecule has 0 atom stereocenters. The Hall–Kier alpha value is -2.60. The molecule has 0 amide bonds. The van der Waals surface area contributed by atoms with Gasteiger partial charge in [0.1, 0.15) is 5.69 Å². The van der Waals surface area contributed by atoms with E-state index in [0.717, 1.165) is 0 Å². The highest BCUT2D eigenvalue weighted by atomic mass is 32.2. The van der Waals surface area contributed by atoms with Crippen LogP contribution in [0.4, 0.5) is 0 Å².